The van der Waals surface area contributed by atoms with Crippen molar-refractivity contribution in [2.45, 2.75) is 30.8 Å². The molecule has 1 amide bonds. The second kappa shape index (κ2) is 2.45. The molecule has 0 aromatic carbocycles. The summed E-state index contributed by atoms with van der Waals surface area (Å²) in [6.45, 7) is 0.394. The first-order chi connectivity index (χ1) is 6.06. The van der Waals surface area contributed by atoms with Gasteiger partial charge in [-0.2, -0.15) is 0 Å². The number of carboxylic acid groups (broad SMARTS) is 1. The standard InChI is InChI=1S/C8H12N2O3/c9-5-3-6(11)10(4-5)8(1-2-8)7(12)13/h5H,1-4,9H2,(H,12,13). The minimum atomic E-state index is -0.898. The van der Waals surface area contributed by atoms with Crippen molar-refractivity contribution in [2.24, 2.45) is 5.73 Å². The third kappa shape index (κ3) is 1.11. The van der Waals surface area contributed by atoms with Gasteiger partial charge in [0, 0.05) is 19.0 Å². The molecule has 0 spiro atoms. The summed E-state index contributed by atoms with van der Waals surface area (Å²) < 4.78 is 0. The van der Waals surface area contributed by atoms with Gasteiger partial charge in [-0.1, -0.05) is 0 Å². The number of carbonyl (C=O) groups is 2. The molecule has 1 saturated heterocycles. The molecule has 0 radical (unpaired) electrons. The van der Waals surface area contributed by atoms with Gasteiger partial charge in [0.1, 0.15) is 5.54 Å². The second-order valence-corrected chi connectivity index (χ2v) is 3.81. The van der Waals surface area contributed by atoms with Crippen molar-refractivity contribution in [3.05, 3.63) is 0 Å². The Hall–Kier alpha value is -1.10. The fraction of sp³-hybridized carbons (Fsp3) is 0.750. The Labute approximate surface area is 75.5 Å². The fourth-order valence-corrected chi connectivity index (χ4v) is 1.87. The molecule has 1 aliphatic heterocycles. The van der Waals surface area contributed by atoms with Gasteiger partial charge in [0.05, 0.1) is 0 Å². The summed E-state index contributed by atoms with van der Waals surface area (Å²) in [6.07, 6.45) is 1.43. The quantitative estimate of drug-likeness (QED) is 0.586. The van der Waals surface area contributed by atoms with Crippen LogP contribution < -0.4 is 5.73 Å². The molecule has 0 bridgehead atoms. The number of carbonyl (C=O) groups excluding carboxylic acids is 1. The molecule has 1 heterocycles. The topological polar surface area (TPSA) is 83.6 Å². The van der Waals surface area contributed by atoms with Crippen LogP contribution in [0.15, 0.2) is 0 Å². The lowest BCUT2D eigenvalue weighted by Crippen LogP contribution is -2.45. The van der Waals surface area contributed by atoms with Crippen LogP contribution in [-0.4, -0.2) is 40.0 Å². The summed E-state index contributed by atoms with van der Waals surface area (Å²) in [5.41, 5.74) is 4.69. The van der Waals surface area contributed by atoms with Crippen molar-refractivity contribution in [2.75, 3.05) is 6.54 Å². The zero-order valence-electron chi connectivity index (χ0n) is 7.19. The van der Waals surface area contributed by atoms with Gasteiger partial charge in [0.15, 0.2) is 0 Å². The Morgan fingerprint density at radius 2 is 2.23 bits per heavy atom. The largest absolute Gasteiger partial charge is 0.479 e. The van der Waals surface area contributed by atoms with E-state index in [0.29, 0.717) is 19.4 Å². The van der Waals surface area contributed by atoms with Crippen molar-refractivity contribution in [1.82, 2.24) is 4.90 Å². The van der Waals surface area contributed by atoms with Gasteiger partial charge < -0.3 is 15.7 Å². The van der Waals surface area contributed by atoms with Crippen LogP contribution in [0.5, 0.6) is 0 Å². The summed E-state index contributed by atoms with van der Waals surface area (Å²) in [4.78, 5) is 23.7. The van der Waals surface area contributed by atoms with E-state index in [1.165, 1.54) is 4.90 Å². The van der Waals surface area contributed by atoms with E-state index in [0.717, 1.165) is 0 Å². The lowest BCUT2D eigenvalue weighted by molar-refractivity contribution is -0.150. The molecule has 2 rings (SSSR count). The van der Waals surface area contributed by atoms with E-state index in [-0.39, 0.29) is 18.4 Å². The number of aliphatic carboxylic acids is 1. The highest BCUT2D eigenvalue weighted by molar-refractivity contribution is 5.91. The minimum Gasteiger partial charge on any atom is -0.479 e. The van der Waals surface area contributed by atoms with E-state index in [9.17, 15) is 9.59 Å². The lowest BCUT2D eigenvalue weighted by atomic mass is 10.2. The molecule has 5 nitrogen and oxygen atoms in total. The maximum Gasteiger partial charge on any atom is 0.329 e. The highest BCUT2D eigenvalue weighted by atomic mass is 16.4. The molecule has 72 valence electrons. The minimum absolute atomic E-state index is 0.118. The normalized spacial score (nSPS) is 30.7. The number of carboxylic acids is 1. The van der Waals surface area contributed by atoms with Crippen LogP contribution in [0.2, 0.25) is 0 Å². The Kier molecular flexibility index (Phi) is 1.60. The fourth-order valence-electron chi connectivity index (χ4n) is 1.87. The molecule has 0 aromatic rings. The highest BCUT2D eigenvalue weighted by Crippen LogP contribution is 2.43. The molecule has 1 unspecified atom stereocenters. The molecule has 1 saturated carbocycles. The Bertz CT molecular complexity index is 273. The van der Waals surface area contributed by atoms with Gasteiger partial charge in [0.2, 0.25) is 5.91 Å². The average molecular weight is 184 g/mol. The number of likely N-dealkylation sites (tertiary alicyclic amines) is 1. The van der Waals surface area contributed by atoms with Crippen LogP contribution >= 0.6 is 0 Å². The molecule has 0 aromatic heterocycles. The van der Waals surface area contributed by atoms with E-state index < -0.39 is 11.5 Å². The van der Waals surface area contributed by atoms with Crippen LogP contribution in [0.1, 0.15) is 19.3 Å². The Morgan fingerprint density at radius 3 is 2.54 bits per heavy atom. The monoisotopic (exact) mass is 184 g/mol. The number of amides is 1. The summed E-state index contributed by atoms with van der Waals surface area (Å²) in [5, 5.41) is 8.93. The molecule has 1 aliphatic carbocycles. The first-order valence-electron chi connectivity index (χ1n) is 4.36. The number of nitrogens with two attached hydrogens (primary N) is 1. The van der Waals surface area contributed by atoms with Crippen LogP contribution in [0.25, 0.3) is 0 Å². The summed E-state index contributed by atoms with van der Waals surface area (Å²) in [7, 11) is 0. The van der Waals surface area contributed by atoms with Crippen LogP contribution in [0.3, 0.4) is 0 Å². The Morgan fingerprint density at radius 1 is 1.62 bits per heavy atom. The SMILES string of the molecule is NC1CC(=O)N(C2(C(=O)O)CC2)C1. The van der Waals surface area contributed by atoms with Gasteiger partial charge >= 0.3 is 5.97 Å². The molecular weight excluding hydrogens is 172 g/mol. The lowest BCUT2D eigenvalue weighted by Gasteiger charge is -2.23. The van der Waals surface area contributed by atoms with Crippen molar-refractivity contribution < 1.29 is 14.7 Å². The number of rotatable bonds is 2. The van der Waals surface area contributed by atoms with E-state index in [2.05, 4.69) is 0 Å². The predicted octanol–water partition coefficient (Wildman–Crippen LogP) is -0.837. The zero-order valence-corrected chi connectivity index (χ0v) is 7.19. The average Bonchev–Trinajstić information content (AvgIpc) is 2.75. The van der Waals surface area contributed by atoms with Crippen molar-refractivity contribution >= 4 is 11.9 Å². The van der Waals surface area contributed by atoms with Gasteiger partial charge in [-0.05, 0) is 12.8 Å². The third-order valence-corrected chi connectivity index (χ3v) is 2.79. The third-order valence-electron chi connectivity index (χ3n) is 2.79. The van der Waals surface area contributed by atoms with Crippen LogP contribution in [0.4, 0.5) is 0 Å². The van der Waals surface area contributed by atoms with Crippen LogP contribution in [-0.2, 0) is 9.59 Å². The summed E-state index contributed by atoms with van der Waals surface area (Å²) in [5.74, 6) is -1.01. The first kappa shape index (κ1) is 8.50. The maximum atomic E-state index is 11.4. The molecule has 13 heavy (non-hydrogen) atoms. The highest BCUT2D eigenvalue weighted by Gasteiger charge is 2.58. The smallest absolute Gasteiger partial charge is 0.329 e. The van der Waals surface area contributed by atoms with E-state index in [4.69, 9.17) is 10.8 Å². The van der Waals surface area contributed by atoms with Gasteiger partial charge in [-0.25, -0.2) is 4.79 Å². The predicted molar refractivity (Wildman–Crippen MR) is 43.9 cm³/mol. The van der Waals surface area contributed by atoms with Crippen LogP contribution in [0, 0.1) is 0 Å². The summed E-state index contributed by atoms with van der Waals surface area (Å²) in [6, 6.07) is -0.190. The summed E-state index contributed by atoms with van der Waals surface area (Å²) >= 11 is 0. The van der Waals surface area contributed by atoms with Crippen molar-refractivity contribution in [3.63, 3.8) is 0 Å². The van der Waals surface area contributed by atoms with E-state index in [1.54, 1.807) is 0 Å². The number of hydrogen-bond donors (Lipinski definition) is 2. The maximum absolute atomic E-state index is 11.4. The van der Waals surface area contributed by atoms with Gasteiger partial charge in [0.25, 0.3) is 0 Å². The second-order valence-electron chi connectivity index (χ2n) is 3.81. The Balaban J connectivity index is 2.18. The van der Waals surface area contributed by atoms with Crippen molar-refractivity contribution in [3.8, 4) is 0 Å². The molecular formula is C8H12N2O3. The number of hydrogen-bond acceptors (Lipinski definition) is 3. The van der Waals surface area contributed by atoms with Gasteiger partial charge in [-0.15, -0.1) is 0 Å². The molecule has 2 aliphatic rings. The zero-order chi connectivity index (χ0) is 9.64. The molecule has 3 N–H and O–H groups in total. The molecule has 2 fully saturated rings. The molecule has 5 heteroatoms. The van der Waals surface area contributed by atoms with Gasteiger partial charge in [-0.3, -0.25) is 4.79 Å². The number of nitrogens with zero attached hydrogens (tertiary/aromatic N) is 1. The first-order valence-corrected chi connectivity index (χ1v) is 4.36. The molecule has 1 atom stereocenters. The van der Waals surface area contributed by atoms with Crippen molar-refractivity contribution in [1.29, 1.82) is 0 Å². The van der Waals surface area contributed by atoms with E-state index >= 15 is 0 Å². The van der Waals surface area contributed by atoms with E-state index in [1.807, 2.05) is 0 Å².